The van der Waals surface area contributed by atoms with Gasteiger partial charge < -0.3 is 10.1 Å². The second kappa shape index (κ2) is 4.44. The van der Waals surface area contributed by atoms with Crippen molar-refractivity contribution in [1.82, 2.24) is 5.32 Å². The van der Waals surface area contributed by atoms with Gasteiger partial charge >= 0.3 is 5.97 Å². The first-order valence-electron chi connectivity index (χ1n) is 3.66. The van der Waals surface area contributed by atoms with Crippen molar-refractivity contribution in [3.05, 3.63) is 11.7 Å². The van der Waals surface area contributed by atoms with E-state index in [0.29, 0.717) is 17.8 Å². The lowest BCUT2D eigenvalue weighted by molar-refractivity contribution is -0.139. The van der Waals surface area contributed by atoms with E-state index in [4.69, 9.17) is 0 Å². The van der Waals surface area contributed by atoms with Gasteiger partial charge in [0.15, 0.2) is 0 Å². The Morgan fingerprint density at radius 2 is 2.62 bits per heavy atom. The van der Waals surface area contributed by atoms with Gasteiger partial charge in [0.05, 0.1) is 19.3 Å². The maximum absolute atomic E-state index is 10.8. The monoisotopic (exact) mass is 179 g/mol. The Morgan fingerprint density at radius 3 is 3.23 bits per heavy atom. The van der Waals surface area contributed by atoms with Crippen LogP contribution in [0.4, 0.5) is 0 Å². The van der Waals surface area contributed by atoms with E-state index in [-0.39, 0.29) is 12.4 Å². The summed E-state index contributed by atoms with van der Waals surface area (Å²) in [6.07, 6.45) is 0.654. The lowest BCUT2D eigenvalue weighted by Crippen LogP contribution is -2.24. The first kappa shape index (κ1) is 9.50. The number of esters is 1. The van der Waals surface area contributed by atoms with Gasteiger partial charge in [0.2, 0.25) is 13.7 Å². The molecular formula is C7H8BN2O3. The minimum absolute atomic E-state index is 0.122. The molecule has 1 aliphatic rings. The zero-order chi connectivity index (χ0) is 9.68. The Bertz CT molecular complexity index is 285. The van der Waals surface area contributed by atoms with Gasteiger partial charge in [-0.25, -0.2) is 0 Å². The van der Waals surface area contributed by atoms with E-state index in [2.05, 4.69) is 15.0 Å². The molecule has 0 aromatic carbocycles. The molecule has 0 aliphatic carbocycles. The zero-order valence-corrected chi connectivity index (χ0v) is 7.11. The van der Waals surface area contributed by atoms with Crippen LogP contribution >= 0.6 is 0 Å². The maximum atomic E-state index is 10.8. The molecule has 0 saturated carbocycles. The van der Waals surface area contributed by atoms with E-state index < -0.39 is 0 Å². The minimum atomic E-state index is -0.351. The number of amides is 1. The van der Waals surface area contributed by atoms with E-state index in [0.717, 1.165) is 0 Å². The molecule has 13 heavy (non-hydrogen) atoms. The number of ether oxygens (including phenoxy) is 1. The van der Waals surface area contributed by atoms with Gasteiger partial charge in [-0.2, -0.15) is 0 Å². The van der Waals surface area contributed by atoms with Gasteiger partial charge in [0.25, 0.3) is 0 Å². The first-order valence-corrected chi connectivity index (χ1v) is 3.66. The number of nitrogens with zero attached hydrogens (tertiary/aromatic N) is 1. The molecule has 1 heterocycles. The summed E-state index contributed by atoms with van der Waals surface area (Å²) in [5.74, 6) is 1.30. The number of rotatable bonds is 3. The van der Waals surface area contributed by atoms with Crippen LogP contribution in [0.2, 0.25) is 0 Å². The lowest BCUT2D eigenvalue weighted by Gasteiger charge is -1.97. The molecule has 1 rings (SSSR count). The molecule has 1 aliphatic heterocycles. The van der Waals surface area contributed by atoms with Crippen molar-refractivity contribution < 1.29 is 14.3 Å². The molecule has 0 spiro atoms. The van der Waals surface area contributed by atoms with Gasteiger partial charge in [0, 0.05) is 5.70 Å². The fourth-order valence-corrected chi connectivity index (χ4v) is 0.864. The number of hydrogen-bond donors (Lipinski definition) is 1. The first-order chi connectivity index (χ1) is 6.26. The number of methoxy groups -OCH3 is 1. The van der Waals surface area contributed by atoms with Gasteiger partial charge in [-0.1, -0.05) is 5.98 Å². The van der Waals surface area contributed by atoms with E-state index >= 15 is 0 Å². The van der Waals surface area contributed by atoms with Crippen LogP contribution in [-0.4, -0.2) is 32.5 Å². The van der Waals surface area contributed by atoms with Crippen molar-refractivity contribution in [2.45, 2.75) is 6.42 Å². The lowest BCUT2D eigenvalue weighted by atomic mass is 9.78. The fourth-order valence-electron chi connectivity index (χ4n) is 0.864. The molecule has 0 saturated heterocycles. The topological polar surface area (TPSA) is 67.8 Å². The highest BCUT2D eigenvalue weighted by atomic mass is 16.5. The van der Waals surface area contributed by atoms with Crippen LogP contribution in [0.1, 0.15) is 6.42 Å². The summed E-state index contributed by atoms with van der Waals surface area (Å²) >= 11 is 0. The van der Waals surface area contributed by atoms with Gasteiger partial charge in [-0.05, 0) is 0 Å². The number of amidine groups is 1. The quantitative estimate of drug-likeness (QED) is 0.350. The summed E-state index contributed by atoms with van der Waals surface area (Å²) in [5, 5.41) is 2.38. The number of carbonyl (C=O) groups is 2. The van der Waals surface area contributed by atoms with E-state index in [1.54, 1.807) is 13.3 Å². The smallest absolute Gasteiger partial charge is 0.311 e. The van der Waals surface area contributed by atoms with Crippen LogP contribution in [0.15, 0.2) is 16.7 Å². The molecule has 0 bridgehead atoms. The highest BCUT2D eigenvalue weighted by Crippen LogP contribution is 2.08. The second-order valence-corrected chi connectivity index (χ2v) is 2.34. The summed E-state index contributed by atoms with van der Waals surface area (Å²) in [6, 6.07) is 0. The maximum Gasteiger partial charge on any atom is 0.311 e. The molecule has 67 valence electrons. The highest BCUT2D eigenvalue weighted by Gasteiger charge is 2.12. The molecule has 1 N–H and O–H groups in total. The third-order valence-electron chi connectivity index (χ3n) is 1.46. The predicted molar refractivity (Wildman–Crippen MR) is 47.1 cm³/mol. The van der Waals surface area contributed by atoms with Crippen LogP contribution in [0.3, 0.4) is 0 Å². The van der Waals surface area contributed by atoms with Crippen LogP contribution in [0.25, 0.3) is 0 Å². The Balaban J connectivity index is 2.46. The van der Waals surface area contributed by atoms with Crippen molar-refractivity contribution in [1.29, 1.82) is 0 Å². The Kier molecular flexibility index (Phi) is 3.25. The number of carbonyl (C=O) groups excluding carboxylic acids is 2. The third kappa shape index (κ3) is 2.74. The average Bonchev–Trinajstić information content (AvgIpc) is 2.53. The summed E-state index contributed by atoms with van der Waals surface area (Å²) in [7, 11) is 2.93. The Labute approximate surface area is 76.1 Å². The van der Waals surface area contributed by atoms with E-state index in [1.165, 1.54) is 7.11 Å². The molecule has 0 unspecified atom stereocenters. The minimum Gasteiger partial charge on any atom is -0.469 e. The highest BCUT2D eigenvalue weighted by molar-refractivity contribution is 6.80. The zero-order valence-electron chi connectivity index (χ0n) is 7.11. The largest absolute Gasteiger partial charge is 0.469 e. The van der Waals surface area contributed by atoms with Gasteiger partial charge in [-0.15, -0.1) is 0 Å². The normalized spacial score (nSPS) is 13.9. The molecule has 5 nitrogen and oxygen atoms in total. The van der Waals surface area contributed by atoms with Crippen molar-refractivity contribution in [2.24, 2.45) is 4.99 Å². The predicted octanol–water partition coefficient (Wildman–Crippen LogP) is -0.789. The molecule has 6 heteroatoms. The number of nitrogens with one attached hydrogen (secondary N) is 1. The average molecular weight is 179 g/mol. The molecular weight excluding hydrogens is 171 g/mol. The van der Waals surface area contributed by atoms with Crippen LogP contribution in [0.5, 0.6) is 0 Å². The molecule has 1 radical (unpaired) electrons. The second-order valence-electron chi connectivity index (χ2n) is 2.34. The van der Waals surface area contributed by atoms with E-state index in [9.17, 15) is 9.59 Å². The molecule has 1 amide bonds. The van der Waals surface area contributed by atoms with Crippen molar-refractivity contribution in [3.8, 4) is 0 Å². The van der Waals surface area contributed by atoms with E-state index in [1.807, 2.05) is 0 Å². The Morgan fingerprint density at radius 1 is 1.85 bits per heavy atom. The summed E-state index contributed by atoms with van der Waals surface area (Å²) in [6.45, 7) is 0. The standard InChI is InChI=1S/C7H8BN2O3/c1-13-6(12)2-5-3-8-7(10-5)9-4-11/h3-4H,2H2,1H3,(H,9,10,11). The van der Waals surface area contributed by atoms with Gasteiger partial charge in [-0.3, -0.25) is 14.6 Å². The van der Waals surface area contributed by atoms with Crippen molar-refractivity contribution in [3.63, 3.8) is 0 Å². The van der Waals surface area contributed by atoms with Crippen LogP contribution < -0.4 is 5.32 Å². The third-order valence-corrected chi connectivity index (χ3v) is 1.46. The molecule has 0 atom stereocenters. The summed E-state index contributed by atoms with van der Waals surface area (Å²) < 4.78 is 4.45. The fraction of sp³-hybridized carbons (Fsp3) is 0.286. The Hall–Kier alpha value is -1.59. The summed E-state index contributed by atoms with van der Waals surface area (Å²) in [5.41, 5.74) is 1.02. The van der Waals surface area contributed by atoms with Crippen molar-refractivity contribution >= 4 is 25.4 Å². The molecule has 0 fully saturated rings. The van der Waals surface area contributed by atoms with Crippen LogP contribution in [-0.2, 0) is 14.3 Å². The van der Waals surface area contributed by atoms with Crippen LogP contribution in [0, 0.1) is 0 Å². The van der Waals surface area contributed by atoms with Gasteiger partial charge in [0.1, 0.15) is 0 Å². The summed E-state index contributed by atoms with van der Waals surface area (Å²) in [4.78, 5) is 24.8. The SMILES string of the molecule is COC(=O)CC1=C[B]C(NC=O)=N1. The number of hydrogen-bond acceptors (Lipinski definition) is 4. The van der Waals surface area contributed by atoms with Crippen molar-refractivity contribution in [2.75, 3.05) is 7.11 Å². The molecule has 0 aromatic heterocycles. The molecule has 0 aromatic rings. The number of aliphatic imine (C=N–C) groups is 1.